The number of rotatable bonds is 5. The first kappa shape index (κ1) is 11.9. The molecule has 7 heteroatoms. The molecule has 0 bridgehead atoms. The molecule has 0 spiro atoms. The average molecular weight is 392 g/mol. The van der Waals surface area contributed by atoms with E-state index in [1.165, 1.54) is 11.0 Å². The van der Waals surface area contributed by atoms with Gasteiger partial charge in [0.2, 0.25) is 5.91 Å². The lowest BCUT2D eigenvalue weighted by Crippen LogP contribution is -2.48. The summed E-state index contributed by atoms with van der Waals surface area (Å²) >= 11 is 5.76. The minimum atomic E-state index is -3.10. The highest BCUT2D eigenvalue weighted by molar-refractivity contribution is 6.31. The van der Waals surface area contributed by atoms with E-state index in [0.29, 0.717) is 12.8 Å². The van der Waals surface area contributed by atoms with Crippen molar-refractivity contribution in [3.05, 3.63) is 34.6 Å². The van der Waals surface area contributed by atoms with E-state index in [2.05, 4.69) is 5.32 Å². The third-order valence-electron chi connectivity index (χ3n) is 3.91. The number of nitrogens with one attached hydrogen (secondary N) is 2. The van der Waals surface area contributed by atoms with Gasteiger partial charge in [-0.25, -0.2) is 4.39 Å². The van der Waals surface area contributed by atoms with Crippen LogP contribution in [0.15, 0.2) is 18.2 Å². The fraction of sp³-hybridized carbons (Fsp3) is 0.579. The number of hydrogen-bond donors (Lipinski definition) is 2. The van der Waals surface area contributed by atoms with Crippen LogP contribution in [0.1, 0.15) is 54.8 Å². The molecule has 144 valence electrons. The maximum Gasteiger partial charge on any atom is 0.251 e. The van der Waals surface area contributed by atoms with Crippen LogP contribution in [0, 0.1) is 11.7 Å². The number of piperidine rings is 1. The van der Waals surface area contributed by atoms with Gasteiger partial charge < -0.3 is 10.6 Å². The maximum absolute atomic E-state index is 13.4. The van der Waals surface area contributed by atoms with Gasteiger partial charge in [0.05, 0.1) is 9.24 Å². The quantitative estimate of drug-likeness (QED) is 0.811. The molecule has 5 nitrogen and oxygen atoms in total. The van der Waals surface area contributed by atoms with Gasteiger partial charge in [-0.05, 0) is 70.7 Å². The lowest BCUT2D eigenvalue weighted by molar-refractivity contribution is -0.124. The lowest BCUT2D eigenvalue weighted by atomic mass is 9.96. The Morgan fingerprint density at radius 1 is 1.38 bits per heavy atom. The normalized spacial score (nSPS) is 22.4. The van der Waals surface area contributed by atoms with E-state index in [0.717, 1.165) is 19.1 Å². The van der Waals surface area contributed by atoms with Crippen molar-refractivity contribution in [2.75, 3.05) is 26.1 Å². The van der Waals surface area contributed by atoms with Crippen molar-refractivity contribution < 1.29 is 24.9 Å². The van der Waals surface area contributed by atoms with Crippen LogP contribution in [-0.2, 0) is 4.79 Å². The molecule has 0 aromatic heterocycles. The topological polar surface area (TPSA) is 61.4 Å². The first-order valence-corrected chi connectivity index (χ1v) is 8.58. The number of hydrogen-bond acceptors (Lipinski definition) is 3. The van der Waals surface area contributed by atoms with E-state index >= 15 is 0 Å². The van der Waals surface area contributed by atoms with Gasteiger partial charge >= 0.3 is 0 Å². The Hall–Kier alpha value is -1.66. The Balaban J connectivity index is 1.96. The second kappa shape index (κ2) is 8.82. The molecule has 0 saturated carbocycles. The van der Waals surface area contributed by atoms with Gasteiger partial charge in [0, 0.05) is 30.9 Å². The number of nitrogens with zero attached hydrogens (tertiary/aromatic N) is 1. The lowest BCUT2D eigenvalue weighted by Gasteiger charge is -2.32. The van der Waals surface area contributed by atoms with Gasteiger partial charge in [-0.2, -0.15) is 0 Å². The highest BCUT2D eigenvalue weighted by Gasteiger charge is 2.23. The summed E-state index contributed by atoms with van der Waals surface area (Å²) in [7, 11) is 0. The third-order valence-corrected chi connectivity index (χ3v) is 4.13. The number of halogens is 2. The van der Waals surface area contributed by atoms with Crippen molar-refractivity contribution in [1.29, 1.82) is 0 Å². The molecule has 0 unspecified atom stereocenters. The van der Waals surface area contributed by atoms with Crippen LogP contribution < -0.4 is 10.6 Å². The molecular formula is C19H27ClFN3O2. The van der Waals surface area contributed by atoms with E-state index in [4.69, 9.17) is 22.6 Å². The third kappa shape index (κ3) is 6.92. The van der Waals surface area contributed by atoms with Crippen LogP contribution in [0.3, 0.4) is 0 Å². The molecule has 26 heavy (non-hydrogen) atoms. The highest BCUT2D eigenvalue weighted by Crippen LogP contribution is 2.17. The van der Waals surface area contributed by atoms with Crippen LogP contribution in [0.25, 0.3) is 0 Å². The Labute approximate surface area is 170 Å². The van der Waals surface area contributed by atoms with Gasteiger partial charge in [0.25, 0.3) is 5.91 Å². The summed E-state index contributed by atoms with van der Waals surface area (Å²) in [6, 6.07) is 3.47. The predicted molar refractivity (Wildman–Crippen MR) is 101 cm³/mol. The zero-order valence-corrected chi connectivity index (χ0v) is 15.1. The molecule has 2 N–H and O–H groups in total. The second-order valence-corrected chi connectivity index (χ2v) is 6.93. The van der Waals surface area contributed by atoms with Crippen LogP contribution in [0.5, 0.6) is 0 Å². The zero-order valence-electron chi connectivity index (χ0n) is 22.4. The molecule has 0 aliphatic carbocycles. The van der Waals surface area contributed by atoms with Crippen LogP contribution in [0.4, 0.5) is 4.39 Å². The molecule has 2 rings (SSSR count). The number of amides is 2. The number of likely N-dealkylation sites (tertiary alicyclic amines) is 1. The molecule has 1 saturated heterocycles. The molecule has 0 atom stereocenters. The summed E-state index contributed by atoms with van der Waals surface area (Å²) in [6.07, 6.45) is 0.819. The summed E-state index contributed by atoms with van der Waals surface area (Å²) < 4.78 is 75.1. The minimum Gasteiger partial charge on any atom is -0.352 e. The number of benzene rings is 1. The molecule has 1 heterocycles. The van der Waals surface area contributed by atoms with Crippen molar-refractivity contribution in [3.8, 4) is 0 Å². The van der Waals surface area contributed by atoms with Crippen molar-refractivity contribution in [1.82, 2.24) is 15.5 Å². The monoisotopic (exact) mass is 391 g/mol. The van der Waals surface area contributed by atoms with Gasteiger partial charge in [-0.15, -0.1) is 0 Å². The van der Waals surface area contributed by atoms with Gasteiger partial charge in [0.15, 0.2) is 0 Å². The molecule has 1 fully saturated rings. The Morgan fingerprint density at radius 2 is 2.08 bits per heavy atom. The summed E-state index contributed by atoms with van der Waals surface area (Å²) in [6.45, 7) is -7.52. The Morgan fingerprint density at radius 3 is 2.69 bits per heavy atom. The standard InChI is InChI=1S/C19H27ClFN3O2/c1-19(2,3)23-17(25)12-24-6-4-13(5-7-24)11-22-18(26)14-8-15(20)10-16(21)9-14/h8-10,13H,4-7,11-12H2,1-3H3,(H,22,26)(H,23,25)/i1D3,2D3,12D2. The molecule has 2 amide bonds. The summed E-state index contributed by atoms with van der Waals surface area (Å²) in [4.78, 5) is 26.1. The SMILES string of the molecule is [2H]C([2H])(C(=O)NC(C)(C([2H])([2H])[2H])C([2H])([2H])[2H])N1CCC(CNC(=O)c2cc(F)cc(Cl)c2)CC1. The summed E-state index contributed by atoms with van der Waals surface area (Å²) in [5, 5.41) is 4.68. The van der Waals surface area contributed by atoms with Crippen LogP contribution >= 0.6 is 11.6 Å². The van der Waals surface area contributed by atoms with Gasteiger partial charge in [-0.1, -0.05) is 11.6 Å². The maximum atomic E-state index is 13.4. The van der Waals surface area contributed by atoms with Crippen molar-refractivity contribution in [2.45, 2.75) is 39.0 Å². The van der Waals surface area contributed by atoms with E-state index < -0.39 is 43.4 Å². The van der Waals surface area contributed by atoms with E-state index in [1.54, 1.807) is 0 Å². The van der Waals surface area contributed by atoms with E-state index in [9.17, 15) is 14.0 Å². The smallest absolute Gasteiger partial charge is 0.251 e. The molecular weight excluding hydrogens is 357 g/mol. The second-order valence-electron chi connectivity index (χ2n) is 6.49. The van der Waals surface area contributed by atoms with E-state index in [1.807, 2.05) is 5.32 Å². The largest absolute Gasteiger partial charge is 0.352 e. The number of carbonyl (C=O) groups excluding carboxylic acids is 2. The first-order chi connectivity index (χ1) is 15.4. The summed E-state index contributed by atoms with van der Waals surface area (Å²) in [5.41, 5.74) is -2.56. The zero-order chi connectivity index (χ0) is 26.1. The van der Waals surface area contributed by atoms with Gasteiger partial charge in [0.1, 0.15) is 5.82 Å². The predicted octanol–water partition coefficient (Wildman–Crippen LogP) is 2.84. The number of carbonyl (C=O) groups is 2. The minimum absolute atomic E-state index is 0.0434. The average Bonchev–Trinajstić information content (AvgIpc) is 2.69. The summed E-state index contributed by atoms with van der Waals surface area (Å²) in [5.74, 6) is -2.54. The van der Waals surface area contributed by atoms with Crippen molar-refractivity contribution in [2.24, 2.45) is 5.92 Å². The Kier molecular flexibility index (Phi) is 4.05. The van der Waals surface area contributed by atoms with Crippen molar-refractivity contribution in [3.63, 3.8) is 0 Å². The van der Waals surface area contributed by atoms with Crippen molar-refractivity contribution >= 4 is 23.4 Å². The molecule has 1 aliphatic rings. The Bertz CT molecular complexity index is 884. The fourth-order valence-electron chi connectivity index (χ4n) is 2.67. The van der Waals surface area contributed by atoms with Crippen LogP contribution in [-0.4, -0.2) is 48.4 Å². The fourth-order valence-corrected chi connectivity index (χ4v) is 2.89. The highest BCUT2D eigenvalue weighted by atomic mass is 35.5. The van der Waals surface area contributed by atoms with E-state index in [-0.39, 0.29) is 36.1 Å². The molecule has 1 aromatic rings. The first-order valence-electron chi connectivity index (χ1n) is 12.2. The molecule has 0 radical (unpaired) electrons. The van der Waals surface area contributed by atoms with Crippen LogP contribution in [0.2, 0.25) is 5.02 Å². The molecule has 1 aliphatic heterocycles. The molecule has 1 aromatic carbocycles. The van der Waals surface area contributed by atoms with Gasteiger partial charge in [-0.3, -0.25) is 14.5 Å².